The average molecular weight is 508 g/mol. The number of benzene rings is 2. The summed E-state index contributed by atoms with van der Waals surface area (Å²) in [4.78, 5) is 14.7. The molecule has 3 aromatic rings. The Labute approximate surface area is 218 Å². The Morgan fingerprint density at radius 2 is 1.68 bits per heavy atom. The lowest BCUT2D eigenvalue weighted by Gasteiger charge is -2.29. The molecule has 1 aromatic heterocycles. The Hall–Kier alpha value is -3.33. The van der Waals surface area contributed by atoms with Gasteiger partial charge in [0.2, 0.25) is 0 Å². The first kappa shape index (κ1) is 26.7. The summed E-state index contributed by atoms with van der Waals surface area (Å²) >= 11 is 0. The SMILES string of the molecule is COCCOCCOCCNC(=O)/C(N)=C/c1ccc(-c2ccc3cc(N4CCCCC4)ccc3c2)o1. The number of nitrogens with two attached hydrogens (primary N) is 1. The smallest absolute Gasteiger partial charge is 0.267 e. The van der Waals surface area contributed by atoms with Crippen molar-refractivity contribution in [1.29, 1.82) is 0 Å². The number of hydrogen-bond acceptors (Lipinski definition) is 7. The third-order valence-electron chi connectivity index (χ3n) is 6.35. The molecule has 8 heteroatoms. The topological polar surface area (TPSA) is 99.2 Å². The number of rotatable bonds is 13. The molecular weight excluding hydrogens is 470 g/mol. The van der Waals surface area contributed by atoms with Crippen LogP contribution in [0.5, 0.6) is 0 Å². The lowest BCUT2D eigenvalue weighted by molar-refractivity contribution is -0.117. The normalized spacial score (nSPS) is 14.3. The summed E-state index contributed by atoms with van der Waals surface area (Å²) < 4.78 is 21.6. The van der Waals surface area contributed by atoms with Crippen LogP contribution in [0, 0.1) is 0 Å². The number of nitrogens with zero attached hydrogens (tertiary/aromatic N) is 1. The van der Waals surface area contributed by atoms with Crippen LogP contribution in [0.3, 0.4) is 0 Å². The molecule has 1 amide bonds. The summed E-state index contributed by atoms with van der Waals surface area (Å²) in [5, 5.41) is 5.11. The minimum atomic E-state index is -0.367. The van der Waals surface area contributed by atoms with Crippen LogP contribution in [0.25, 0.3) is 28.2 Å². The van der Waals surface area contributed by atoms with Crippen LogP contribution in [0.1, 0.15) is 25.0 Å². The quantitative estimate of drug-likeness (QED) is 0.264. The predicted molar refractivity (Wildman–Crippen MR) is 146 cm³/mol. The number of methoxy groups -OCH3 is 1. The number of fused-ring (bicyclic) bond motifs is 1. The van der Waals surface area contributed by atoms with E-state index in [0.717, 1.165) is 29.8 Å². The van der Waals surface area contributed by atoms with E-state index in [9.17, 15) is 4.79 Å². The summed E-state index contributed by atoms with van der Waals surface area (Å²) in [6.07, 6.45) is 5.39. The highest BCUT2D eigenvalue weighted by Crippen LogP contribution is 2.30. The van der Waals surface area contributed by atoms with Gasteiger partial charge in [-0.05, 0) is 60.4 Å². The zero-order valence-electron chi connectivity index (χ0n) is 21.5. The van der Waals surface area contributed by atoms with Gasteiger partial charge in [0, 0.05) is 44.1 Å². The average Bonchev–Trinajstić information content (AvgIpc) is 3.40. The third-order valence-corrected chi connectivity index (χ3v) is 6.35. The van der Waals surface area contributed by atoms with Gasteiger partial charge in [-0.3, -0.25) is 4.79 Å². The third kappa shape index (κ3) is 7.82. The molecule has 198 valence electrons. The van der Waals surface area contributed by atoms with Gasteiger partial charge in [0.1, 0.15) is 17.2 Å². The van der Waals surface area contributed by atoms with Gasteiger partial charge in [-0.1, -0.05) is 18.2 Å². The van der Waals surface area contributed by atoms with Crippen molar-refractivity contribution < 1.29 is 23.4 Å². The minimum Gasteiger partial charge on any atom is -0.457 e. The highest BCUT2D eigenvalue weighted by atomic mass is 16.5. The molecule has 1 fully saturated rings. The monoisotopic (exact) mass is 507 g/mol. The zero-order valence-corrected chi connectivity index (χ0v) is 21.5. The molecule has 0 radical (unpaired) electrons. The van der Waals surface area contributed by atoms with E-state index in [4.69, 9.17) is 24.4 Å². The lowest BCUT2D eigenvalue weighted by Crippen LogP contribution is -2.31. The zero-order chi connectivity index (χ0) is 25.9. The number of anilines is 1. The van der Waals surface area contributed by atoms with E-state index >= 15 is 0 Å². The molecule has 2 heterocycles. The molecule has 0 unspecified atom stereocenters. The number of nitrogens with one attached hydrogen (secondary N) is 1. The summed E-state index contributed by atoms with van der Waals surface area (Å²) in [6.45, 7) is 5.02. The van der Waals surface area contributed by atoms with E-state index in [1.54, 1.807) is 7.11 Å². The van der Waals surface area contributed by atoms with Crippen LogP contribution < -0.4 is 16.0 Å². The van der Waals surface area contributed by atoms with Crippen LogP contribution in [-0.2, 0) is 19.0 Å². The summed E-state index contributed by atoms with van der Waals surface area (Å²) in [7, 11) is 1.63. The first-order valence-corrected chi connectivity index (χ1v) is 12.9. The van der Waals surface area contributed by atoms with E-state index in [1.807, 2.05) is 12.1 Å². The molecular formula is C29H37N3O5. The van der Waals surface area contributed by atoms with Crippen LogP contribution in [0.15, 0.2) is 58.6 Å². The molecule has 3 N–H and O–H groups in total. The number of amides is 1. The van der Waals surface area contributed by atoms with E-state index in [0.29, 0.717) is 45.3 Å². The minimum absolute atomic E-state index is 0.0764. The van der Waals surface area contributed by atoms with Gasteiger partial charge in [0.25, 0.3) is 5.91 Å². The molecule has 37 heavy (non-hydrogen) atoms. The van der Waals surface area contributed by atoms with E-state index < -0.39 is 0 Å². The van der Waals surface area contributed by atoms with Gasteiger partial charge in [0.05, 0.1) is 33.0 Å². The molecule has 0 aliphatic carbocycles. The Morgan fingerprint density at radius 1 is 0.946 bits per heavy atom. The molecule has 4 rings (SSSR count). The number of carbonyl (C=O) groups excluding carboxylic acids is 1. The van der Waals surface area contributed by atoms with Crippen molar-refractivity contribution in [1.82, 2.24) is 5.32 Å². The maximum Gasteiger partial charge on any atom is 0.267 e. The van der Waals surface area contributed by atoms with Crippen molar-refractivity contribution in [3.05, 3.63) is 60.0 Å². The van der Waals surface area contributed by atoms with Crippen LogP contribution in [-0.4, -0.2) is 65.7 Å². The van der Waals surface area contributed by atoms with E-state index in [2.05, 4.69) is 46.6 Å². The Balaban J connectivity index is 1.28. The molecule has 8 nitrogen and oxygen atoms in total. The molecule has 1 aliphatic heterocycles. The number of furan rings is 1. The largest absolute Gasteiger partial charge is 0.457 e. The van der Waals surface area contributed by atoms with E-state index in [-0.39, 0.29) is 11.6 Å². The standard InChI is InChI=1S/C29H37N3O5/c1-34-15-16-36-18-17-35-14-11-31-29(33)27(30)21-26-9-10-28(37-26)24-6-5-23-20-25(8-7-22(23)19-24)32-12-3-2-4-13-32/h5-10,19-21H,2-4,11-18,30H2,1H3,(H,31,33)/b27-21-. The van der Waals surface area contributed by atoms with Gasteiger partial charge in [-0.15, -0.1) is 0 Å². The van der Waals surface area contributed by atoms with Crippen LogP contribution >= 0.6 is 0 Å². The highest BCUT2D eigenvalue weighted by Gasteiger charge is 2.12. The highest BCUT2D eigenvalue weighted by molar-refractivity contribution is 5.96. The fraction of sp³-hybridized carbons (Fsp3) is 0.414. The Kier molecular flexibility index (Phi) is 9.99. The van der Waals surface area contributed by atoms with Crippen LogP contribution in [0.4, 0.5) is 5.69 Å². The van der Waals surface area contributed by atoms with Gasteiger partial charge in [-0.2, -0.15) is 0 Å². The number of hydrogen-bond donors (Lipinski definition) is 2. The molecule has 1 saturated heterocycles. The van der Waals surface area contributed by atoms with Crippen LogP contribution in [0.2, 0.25) is 0 Å². The molecule has 0 bridgehead atoms. The molecule has 0 saturated carbocycles. The van der Waals surface area contributed by atoms with Crippen molar-refractivity contribution in [2.75, 3.05) is 64.7 Å². The van der Waals surface area contributed by atoms with Crippen molar-refractivity contribution in [3.63, 3.8) is 0 Å². The second-order valence-electron chi connectivity index (χ2n) is 9.07. The van der Waals surface area contributed by atoms with Crippen molar-refractivity contribution >= 4 is 28.4 Å². The first-order valence-electron chi connectivity index (χ1n) is 12.9. The summed E-state index contributed by atoms with van der Waals surface area (Å²) in [5.41, 5.74) is 8.31. The molecule has 2 aromatic carbocycles. The van der Waals surface area contributed by atoms with Gasteiger partial charge in [-0.25, -0.2) is 0 Å². The van der Waals surface area contributed by atoms with Gasteiger partial charge >= 0.3 is 0 Å². The fourth-order valence-electron chi connectivity index (χ4n) is 4.34. The predicted octanol–water partition coefficient (Wildman–Crippen LogP) is 4.19. The molecule has 0 atom stereocenters. The second-order valence-corrected chi connectivity index (χ2v) is 9.07. The fourth-order valence-corrected chi connectivity index (χ4v) is 4.34. The van der Waals surface area contributed by atoms with Crippen molar-refractivity contribution in [2.24, 2.45) is 5.73 Å². The first-order chi connectivity index (χ1) is 18.1. The summed E-state index contributed by atoms with van der Waals surface area (Å²) in [6, 6.07) is 16.7. The molecule has 1 aliphatic rings. The maximum absolute atomic E-state index is 12.3. The van der Waals surface area contributed by atoms with E-state index in [1.165, 1.54) is 36.4 Å². The second kappa shape index (κ2) is 13.8. The number of carbonyl (C=O) groups is 1. The number of piperidine rings is 1. The van der Waals surface area contributed by atoms with Crippen molar-refractivity contribution in [3.8, 4) is 11.3 Å². The number of ether oxygens (including phenoxy) is 3. The lowest BCUT2D eigenvalue weighted by atomic mass is 10.0. The van der Waals surface area contributed by atoms with Crippen molar-refractivity contribution in [2.45, 2.75) is 19.3 Å². The summed E-state index contributed by atoms with van der Waals surface area (Å²) in [5.74, 6) is 0.878. The maximum atomic E-state index is 12.3. The van der Waals surface area contributed by atoms with Gasteiger partial charge in [0.15, 0.2) is 0 Å². The Bertz CT molecular complexity index is 1180. The molecule has 0 spiro atoms. The van der Waals surface area contributed by atoms with Gasteiger partial charge < -0.3 is 34.6 Å². The Morgan fingerprint density at radius 3 is 2.49 bits per heavy atom.